The summed E-state index contributed by atoms with van der Waals surface area (Å²) in [5, 5.41) is 3.00. The van der Waals surface area contributed by atoms with Crippen molar-refractivity contribution in [2.45, 2.75) is 27.2 Å². The topological polar surface area (TPSA) is 38.3 Å². The van der Waals surface area contributed by atoms with E-state index in [9.17, 15) is 4.79 Å². The molecule has 2 rings (SSSR count). The number of ether oxygens (including phenoxy) is 1. The number of rotatable bonds is 4. The molecule has 0 unspecified atom stereocenters. The summed E-state index contributed by atoms with van der Waals surface area (Å²) >= 11 is 0. The molecule has 2 aromatic rings. The SMILES string of the molecule is COc1ccc(C)cc1CC(=O)Nc1c(C)cccc1C. The third-order valence-corrected chi connectivity index (χ3v) is 3.53. The van der Waals surface area contributed by atoms with E-state index in [0.29, 0.717) is 6.42 Å². The predicted octanol–water partition coefficient (Wildman–Crippen LogP) is 3.80. The van der Waals surface area contributed by atoms with Gasteiger partial charge in [0, 0.05) is 11.3 Å². The van der Waals surface area contributed by atoms with Gasteiger partial charge in [0.15, 0.2) is 0 Å². The average Bonchev–Trinajstić information content (AvgIpc) is 2.43. The molecule has 0 fully saturated rings. The number of carbonyl (C=O) groups excluding carboxylic acids is 1. The Morgan fingerprint density at radius 2 is 1.76 bits per heavy atom. The smallest absolute Gasteiger partial charge is 0.228 e. The molecule has 0 aliphatic rings. The zero-order valence-corrected chi connectivity index (χ0v) is 13.0. The lowest BCUT2D eigenvalue weighted by Crippen LogP contribution is -2.16. The van der Waals surface area contributed by atoms with Crippen LogP contribution in [-0.4, -0.2) is 13.0 Å². The van der Waals surface area contributed by atoms with Gasteiger partial charge in [-0.2, -0.15) is 0 Å². The quantitative estimate of drug-likeness (QED) is 0.926. The van der Waals surface area contributed by atoms with Gasteiger partial charge in [0.1, 0.15) is 5.75 Å². The molecule has 0 aromatic heterocycles. The van der Waals surface area contributed by atoms with Gasteiger partial charge in [-0.25, -0.2) is 0 Å². The molecule has 3 heteroatoms. The largest absolute Gasteiger partial charge is 0.496 e. The lowest BCUT2D eigenvalue weighted by Gasteiger charge is -2.13. The number of aryl methyl sites for hydroxylation is 3. The Morgan fingerprint density at radius 3 is 2.38 bits per heavy atom. The summed E-state index contributed by atoms with van der Waals surface area (Å²) in [6.07, 6.45) is 0.304. The monoisotopic (exact) mass is 283 g/mol. The summed E-state index contributed by atoms with van der Waals surface area (Å²) in [5.74, 6) is 0.716. The van der Waals surface area contributed by atoms with Crippen molar-refractivity contribution in [2.75, 3.05) is 12.4 Å². The Hall–Kier alpha value is -2.29. The Bertz CT molecular complexity index is 642. The normalized spacial score (nSPS) is 10.3. The van der Waals surface area contributed by atoms with Crippen molar-refractivity contribution >= 4 is 11.6 Å². The highest BCUT2D eigenvalue weighted by Gasteiger charge is 2.11. The van der Waals surface area contributed by atoms with Crippen LogP contribution in [0.5, 0.6) is 5.75 Å². The molecule has 21 heavy (non-hydrogen) atoms. The van der Waals surface area contributed by atoms with Gasteiger partial charge in [-0.05, 0) is 38.0 Å². The van der Waals surface area contributed by atoms with Crippen LogP contribution in [0, 0.1) is 20.8 Å². The highest BCUT2D eigenvalue weighted by molar-refractivity contribution is 5.94. The van der Waals surface area contributed by atoms with Crippen LogP contribution in [0.4, 0.5) is 5.69 Å². The van der Waals surface area contributed by atoms with Gasteiger partial charge in [0.2, 0.25) is 5.91 Å². The summed E-state index contributed by atoms with van der Waals surface area (Å²) < 4.78 is 5.32. The maximum Gasteiger partial charge on any atom is 0.228 e. The third-order valence-electron chi connectivity index (χ3n) is 3.53. The van der Waals surface area contributed by atoms with Crippen molar-refractivity contribution in [3.05, 3.63) is 58.7 Å². The number of benzene rings is 2. The molecule has 3 nitrogen and oxygen atoms in total. The fraction of sp³-hybridized carbons (Fsp3) is 0.278. The van der Waals surface area contributed by atoms with E-state index in [2.05, 4.69) is 5.32 Å². The van der Waals surface area contributed by atoms with E-state index in [0.717, 1.165) is 33.7 Å². The predicted molar refractivity (Wildman–Crippen MR) is 86.0 cm³/mol. The Morgan fingerprint density at radius 1 is 1.10 bits per heavy atom. The summed E-state index contributed by atoms with van der Waals surface area (Å²) in [6, 6.07) is 11.8. The first-order valence-corrected chi connectivity index (χ1v) is 7.01. The zero-order chi connectivity index (χ0) is 15.4. The standard InChI is InChI=1S/C18H21NO2/c1-12-8-9-16(21-4)15(10-12)11-17(20)19-18-13(2)6-5-7-14(18)3/h5-10H,11H2,1-4H3,(H,19,20). The number of hydrogen-bond acceptors (Lipinski definition) is 2. The van der Waals surface area contributed by atoms with Crippen LogP contribution in [0.25, 0.3) is 0 Å². The van der Waals surface area contributed by atoms with Crippen LogP contribution in [-0.2, 0) is 11.2 Å². The molecular weight excluding hydrogens is 262 g/mol. The number of carbonyl (C=O) groups is 1. The minimum atomic E-state index is -0.0312. The molecule has 0 bridgehead atoms. The van der Waals surface area contributed by atoms with Crippen molar-refractivity contribution in [2.24, 2.45) is 0 Å². The summed E-state index contributed by atoms with van der Waals surface area (Å²) in [4.78, 5) is 12.3. The molecule has 1 N–H and O–H groups in total. The second-order valence-electron chi connectivity index (χ2n) is 5.31. The van der Waals surface area contributed by atoms with Crippen molar-refractivity contribution in [3.8, 4) is 5.75 Å². The van der Waals surface area contributed by atoms with Crippen molar-refractivity contribution in [1.29, 1.82) is 0 Å². The zero-order valence-electron chi connectivity index (χ0n) is 13.0. The summed E-state index contributed by atoms with van der Waals surface area (Å²) in [6.45, 7) is 6.00. The lowest BCUT2D eigenvalue weighted by molar-refractivity contribution is -0.115. The molecule has 0 atom stereocenters. The van der Waals surface area contributed by atoms with E-state index in [1.165, 1.54) is 0 Å². The van der Waals surface area contributed by atoms with E-state index in [1.807, 2.05) is 57.2 Å². The van der Waals surface area contributed by atoms with E-state index in [1.54, 1.807) is 7.11 Å². The molecule has 0 spiro atoms. The first-order chi connectivity index (χ1) is 10.0. The van der Waals surface area contributed by atoms with Gasteiger partial charge in [0.05, 0.1) is 13.5 Å². The second kappa shape index (κ2) is 6.44. The van der Waals surface area contributed by atoms with E-state index in [4.69, 9.17) is 4.74 Å². The maximum atomic E-state index is 12.3. The number of anilines is 1. The number of nitrogens with one attached hydrogen (secondary N) is 1. The van der Waals surface area contributed by atoms with E-state index in [-0.39, 0.29) is 5.91 Å². The molecule has 0 aliphatic heterocycles. The van der Waals surface area contributed by atoms with Crippen molar-refractivity contribution < 1.29 is 9.53 Å². The molecule has 0 heterocycles. The molecule has 0 saturated heterocycles. The minimum Gasteiger partial charge on any atom is -0.496 e. The number of methoxy groups -OCH3 is 1. The molecule has 110 valence electrons. The minimum absolute atomic E-state index is 0.0312. The number of amides is 1. The maximum absolute atomic E-state index is 12.3. The first kappa shape index (κ1) is 15.1. The lowest BCUT2D eigenvalue weighted by atomic mass is 10.1. The molecular formula is C18H21NO2. The molecule has 0 radical (unpaired) electrons. The van der Waals surface area contributed by atoms with Crippen LogP contribution in [0.15, 0.2) is 36.4 Å². The van der Waals surface area contributed by atoms with Crippen LogP contribution >= 0.6 is 0 Å². The van der Waals surface area contributed by atoms with Gasteiger partial charge in [-0.1, -0.05) is 35.9 Å². The van der Waals surface area contributed by atoms with Crippen molar-refractivity contribution in [1.82, 2.24) is 0 Å². The van der Waals surface area contributed by atoms with Crippen LogP contribution in [0.3, 0.4) is 0 Å². The second-order valence-corrected chi connectivity index (χ2v) is 5.31. The van der Waals surface area contributed by atoms with Gasteiger partial charge < -0.3 is 10.1 Å². The highest BCUT2D eigenvalue weighted by Crippen LogP contribution is 2.22. The fourth-order valence-corrected chi connectivity index (χ4v) is 2.41. The summed E-state index contributed by atoms with van der Waals surface area (Å²) in [7, 11) is 1.62. The first-order valence-electron chi connectivity index (χ1n) is 7.01. The van der Waals surface area contributed by atoms with Crippen LogP contribution in [0.1, 0.15) is 22.3 Å². The molecule has 0 saturated carbocycles. The van der Waals surface area contributed by atoms with Gasteiger partial charge in [0.25, 0.3) is 0 Å². The number of hydrogen-bond donors (Lipinski definition) is 1. The third kappa shape index (κ3) is 3.63. The Kier molecular flexibility index (Phi) is 4.63. The van der Waals surface area contributed by atoms with E-state index >= 15 is 0 Å². The van der Waals surface area contributed by atoms with Gasteiger partial charge in [-0.3, -0.25) is 4.79 Å². The van der Waals surface area contributed by atoms with Crippen LogP contribution in [0.2, 0.25) is 0 Å². The molecule has 2 aromatic carbocycles. The molecule has 1 amide bonds. The summed E-state index contributed by atoms with van der Waals surface area (Å²) in [5.41, 5.74) is 5.06. The highest BCUT2D eigenvalue weighted by atomic mass is 16.5. The fourth-order valence-electron chi connectivity index (χ4n) is 2.41. The molecule has 0 aliphatic carbocycles. The van der Waals surface area contributed by atoms with E-state index < -0.39 is 0 Å². The van der Waals surface area contributed by atoms with Crippen LogP contribution < -0.4 is 10.1 Å². The Labute approximate surface area is 126 Å². The average molecular weight is 283 g/mol. The van der Waals surface area contributed by atoms with Crippen molar-refractivity contribution in [3.63, 3.8) is 0 Å². The number of para-hydroxylation sites is 1. The van der Waals surface area contributed by atoms with Gasteiger partial charge >= 0.3 is 0 Å². The van der Waals surface area contributed by atoms with Gasteiger partial charge in [-0.15, -0.1) is 0 Å². The Balaban J connectivity index is 2.17.